The van der Waals surface area contributed by atoms with Crippen molar-refractivity contribution in [2.24, 2.45) is 5.92 Å². The molecule has 2 aromatic rings. The Morgan fingerprint density at radius 2 is 1.89 bits per heavy atom. The Hall–Kier alpha value is -2.91. The van der Waals surface area contributed by atoms with Gasteiger partial charge in [-0.25, -0.2) is 4.79 Å². The molecule has 2 fully saturated rings. The smallest absolute Gasteiger partial charge is 0.325 e. The first-order valence-electron chi connectivity index (χ1n) is 12.2. The lowest BCUT2D eigenvalue weighted by Crippen LogP contribution is -2.55. The van der Waals surface area contributed by atoms with Gasteiger partial charge in [-0.3, -0.25) is 19.4 Å². The molecule has 0 spiro atoms. The molecule has 2 aliphatic rings. The molecule has 0 saturated carbocycles. The number of hydrogen-bond donors (Lipinski definition) is 2. The topological polar surface area (TPSA) is 91.0 Å². The van der Waals surface area contributed by atoms with Crippen molar-refractivity contribution in [1.82, 2.24) is 15.1 Å². The Kier molecular flexibility index (Phi) is 7.76. The molecule has 4 amide bonds. The first-order valence-corrected chi connectivity index (χ1v) is 13.0. The van der Waals surface area contributed by atoms with Gasteiger partial charge in [0, 0.05) is 24.9 Å². The number of carbonyl (C=O) groups is 3. The fraction of sp³-hybridized carbons (Fsp3) is 0.500. The molecule has 9 heteroatoms. The summed E-state index contributed by atoms with van der Waals surface area (Å²) in [7, 11) is 1.63. The maximum atomic E-state index is 13.5. The molecule has 2 aliphatic heterocycles. The van der Waals surface area contributed by atoms with Gasteiger partial charge in [-0.2, -0.15) is 0 Å². The third-order valence-electron chi connectivity index (χ3n) is 7.17. The van der Waals surface area contributed by atoms with E-state index in [0.29, 0.717) is 19.4 Å². The molecule has 1 aromatic carbocycles. The standard InChI is InChI=1S/C26H34N4O4S/c1-4-26(20-12-14-29(15-13-20)17-22-9-10-23(35-22)27-18(2)31)24(32)30(25(33)28-26)16-11-19-5-7-21(34-3)8-6-19/h5-10,20H,4,11-17H2,1-3H3,(H,27,31)(H,28,33). The Bertz CT molecular complexity index is 1060. The van der Waals surface area contributed by atoms with Crippen molar-refractivity contribution in [1.29, 1.82) is 0 Å². The summed E-state index contributed by atoms with van der Waals surface area (Å²) in [4.78, 5) is 42.6. The van der Waals surface area contributed by atoms with E-state index < -0.39 is 5.54 Å². The number of urea groups is 1. The Morgan fingerprint density at radius 3 is 2.51 bits per heavy atom. The van der Waals surface area contributed by atoms with Crippen molar-refractivity contribution in [2.75, 3.05) is 32.1 Å². The number of carbonyl (C=O) groups excluding carboxylic acids is 3. The number of piperidine rings is 1. The highest BCUT2D eigenvalue weighted by Crippen LogP contribution is 2.37. The molecular weight excluding hydrogens is 464 g/mol. The van der Waals surface area contributed by atoms with Gasteiger partial charge in [0.1, 0.15) is 11.3 Å². The van der Waals surface area contributed by atoms with Crippen LogP contribution in [-0.2, 0) is 22.6 Å². The molecule has 35 heavy (non-hydrogen) atoms. The predicted octanol–water partition coefficient (Wildman–Crippen LogP) is 3.87. The molecule has 188 valence electrons. The highest BCUT2D eigenvalue weighted by atomic mass is 32.1. The summed E-state index contributed by atoms with van der Waals surface area (Å²) in [6, 6.07) is 11.4. The number of likely N-dealkylation sites (tertiary alicyclic amines) is 1. The lowest BCUT2D eigenvalue weighted by molar-refractivity contribution is -0.134. The highest BCUT2D eigenvalue weighted by Gasteiger charge is 2.54. The lowest BCUT2D eigenvalue weighted by Gasteiger charge is -2.40. The van der Waals surface area contributed by atoms with Gasteiger partial charge in [0.2, 0.25) is 5.91 Å². The molecule has 3 heterocycles. The molecule has 0 bridgehead atoms. The van der Waals surface area contributed by atoms with Crippen molar-refractivity contribution in [3.05, 3.63) is 46.8 Å². The van der Waals surface area contributed by atoms with Gasteiger partial charge in [-0.05, 0) is 74.5 Å². The molecule has 2 saturated heterocycles. The number of nitrogens with one attached hydrogen (secondary N) is 2. The Labute approximate surface area is 210 Å². The lowest BCUT2D eigenvalue weighted by atomic mass is 9.75. The minimum atomic E-state index is -0.815. The molecular formula is C26H34N4O4S. The number of anilines is 1. The van der Waals surface area contributed by atoms with Crippen LogP contribution in [-0.4, -0.2) is 59.9 Å². The molecule has 1 unspecified atom stereocenters. The van der Waals surface area contributed by atoms with Crippen molar-refractivity contribution in [3.63, 3.8) is 0 Å². The number of imide groups is 1. The van der Waals surface area contributed by atoms with Crippen LogP contribution in [0.3, 0.4) is 0 Å². The monoisotopic (exact) mass is 498 g/mol. The van der Waals surface area contributed by atoms with E-state index in [1.54, 1.807) is 18.4 Å². The maximum absolute atomic E-state index is 13.5. The zero-order valence-corrected chi connectivity index (χ0v) is 21.5. The number of ether oxygens (including phenoxy) is 1. The summed E-state index contributed by atoms with van der Waals surface area (Å²) in [6.07, 6.45) is 2.92. The number of amides is 4. The average Bonchev–Trinajstić information content (AvgIpc) is 3.39. The fourth-order valence-corrected chi connectivity index (χ4v) is 6.19. The molecule has 8 nitrogen and oxygen atoms in total. The molecule has 1 aromatic heterocycles. The minimum absolute atomic E-state index is 0.0644. The molecule has 2 N–H and O–H groups in total. The average molecular weight is 499 g/mol. The van der Waals surface area contributed by atoms with Gasteiger partial charge >= 0.3 is 6.03 Å². The number of thiophene rings is 1. The van der Waals surface area contributed by atoms with Crippen LogP contribution in [0.4, 0.5) is 9.80 Å². The van der Waals surface area contributed by atoms with Crippen molar-refractivity contribution >= 4 is 34.2 Å². The summed E-state index contributed by atoms with van der Waals surface area (Å²) >= 11 is 1.59. The predicted molar refractivity (Wildman–Crippen MR) is 137 cm³/mol. The summed E-state index contributed by atoms with van der Waals surface area (Å²) in [6.45, 7) is 6.43. The van der Waals surface area contributed by atoms with Gasteiger partial charge in [0.05, 0.1) is 12.1 Å². The van der Waals surface area contributed by atoms with Crippen LogP contribution in [0, 0.1) is 5.92 Å². The van der Waals surface area contributed by atoms with E-state index in [4.69, 9.17) is 4.74 Å². The molecule has 4 rings (SSSR count). The number of nitrogens with zero attached hydrogens (tertiary/aromatic N) is 2. The van der Waals surface area contributed by atoms with Crippen LogP contribution in [0.15, 0.2) is 36.4 Å². The zero-order valence-electron chi connectivity index (χ0n) is 20.6. The van der Waals surface area contributed by atoms with Crippen LogP contribution in [0.1, 0.15) is 43.6 Å². The number of rotatable bonds is 9. The van der Waals surface area contributed by atoms with E-state index in [0.717, 1.165) is 48.8 Å². The molecule has 0 radical (unpaired) electrons. The van der Waals surface area contributed by atoms with E-state index in [1.807, 2.05) is 37.3 Å². The minimum Gasteiger partial charge on any atom is -0.497 e. The van der Waals surface area contributed by atoms with Crippen LogP contribution in [0.25, 0.3) is 0 Å². The van der Waals surface area contributed by atoms with Gasteiger partial charge in [0.25, 0.3) is 5.91 Å². The maximum Gasteiger partial charge on any atom is 0.325 e. The highest BCUT2D eigenvalue weighted by molar-refractivity contribution is 7.16. The second-order valence-electron chi connectivity index (χ2n) is 9.31. The SMILES string of the molecule is CCC1(C2CCN(Cc3ccc(NC(C)=O)s3)CC2)NC(=O)N(CCc2ccc(OC)cc2)C1=O. The largest absolute Gasteiger partial charge is 0.497 e. The summed E-state index contributed by atoms with van der Waals surface area (Å²) in [5.41, 5.74) is 0.244. The van der Waals surface area contributed by atoms with Gasteiger partial charge < -0.3 is 15.4 Å². The van der Waals surface area contributed by atoms with E-state index in [-0.39, 0.29) is 23.8 Å². The molecule has 0 aliphatic carbocycles. The number of benzene rings is 1. The van der Waals surface area contributed by atoms with Crippen LogP contribution in [0.5, 0.6) is 5.75 Å². The second kappa shape index (κ2) is 10.8. The summed E-state index contributed by atoms with van der Waals surface area (Å²) in [5.74, 6) is 0.748. The van der Waals surface area contributed by atoms with Crippen LogP contribution < -0.4 is 15.4 Å². The molecule has 1 atom stereocenters. The van der Waals surface area contributed by atoms with Gasteiger partial charge in [-0.1, -0.05) is 19.1 Å². The number of methoxy groups -OCH3 is 1. The normalized spacial score (nSPS) is 21.3. The first-order chi connectivity index (χ1) is 16.8. The van der Waals surface area contributed by atoms with Crippen molar-refractivity contribution in [3.8, 4) is 5.75 Å². The fourth-order valence-electron chi connectivity index (χ4n) is 5.19. The van der Waals surface area contributed by atoms with Crippen LogP contribution in [0.2, 0.25) is 0 Å². The Balaban J connectivity index is 1.34. The summed E-state index contributed by atoms with van der Waals surface area (Å²) < 4.78 is 5.20. The van der Waals surface area contributed by atoms with Crippen LogP contribution >= 0.6 is 11.3 Å². The zero-order chi connectivity index (χ0) is 25.0. The Morgan fingerprint density at radius 1 is 1.17 bits per heavy atom. The number of hydrogen-bond acceptors (Lipinski definition) is 6. The van der Waals surface area contributed by atoms with E-state index >= 15 is 0 Å². The van der Waals surface area contributed by atoms with Gasteiger partial charge in [-0.15, -0.1) is 11.3 Å². The third-order valence-corrected chi connectivity index (χ3v) is 8.15. The second-order valence-corrected chi connectivity index (χ2v) is 10.5. The first kappa shape index (κ1) is 25.2. The van der Waals surface area contributed by atoms with Crippen molar-refractivity contribution < 1.29 is 19.1 Å². The quantitative estimate of drug-likeness (QED) is 0.512. The van der Waals surface area contributed by atoms with E-state index in [1.165, 1.54) is 16.7 Å². The van der Waals surface area contributed by atoms with Crippen molar-refractivity contribution in [2.45, 2.75) is 51.6 Å². The third kappa shape index (κ3) is 5.51. The van der Waals surface area contributed by atoms with Gasteiger partial charge in [0.15, 0.2) is 0 Å². The summed E-state index contributed by atoms with van der Waals surface area (Å²) in [5, 5.41) is 6.78. The van der Waals surface area contributed by atoms with E-state index in [9.17, 15) is 14.4 Å². The van der Waals surface area contributed by atoms with E-state index in [2.05, 4.69) is 21.6 Å².